The van der Waals surface area contributed by atoms with E-state index in [9.17, 15) is 14.4 Å². The number of fused-ring (bicyclic) bond motifs is 1. The van der Waals surface area contributed by atoms with Gasteiger partial charge in [-0.2, -0.15) is 5.10 Å². The summed E-state index contributed by atoms with van der Waals surface area (Å²) in [7, 11) is 1.94. The van der Waals surface area contributed by atoms with Gasteiger partial charge in [0.1, 0.15) is 11.4 Å². The molecule has 9 heteroatoms. The highest BCUT2D eigenvalue weighted by molar-refractivity contribution is 6.15. The lowest BCUT2D eigenvalue weighted by atomic mass is 9.87. The van der Waals surface area contributed by atoms with Crippen molar-refractivity contribution in [2.75, 3.05) is 32.7 Å². The van der Waals surface area contributed by atoms with E-state index in [1.54, 1.807) is 6.92 Å². The molecule has 4 heterocycles. The topological polar surface area (TPSA) is 91.1 Å². The summed E-state index contributed by atoms with van der Waals surface area (Å²) >= 11 is 0. The lowest BCUT2D eigenvalue weighted by Gasteiger charge is -2.36. The van der Waals surface area contributed by atoms with Crippen LogP contribution in [0.4, 0.5) is 0 Å². The van der Waals surface area contributed by atoms with Gasteiger partial charge >= 0.3 is 0 Å². The number of benzene rings is 2. The van der Waals surface area contributed by atoms with Crippen LogP contribution in [0.3, 0.4) is 0 Å². The summed E-state index contributed by atoms with van der Waals surface area (Å²) in [5.74, 6) is 1.51. The van der Waals surface area contributed by atoms with Crippen molar-refractivity contribution in [2.24, 2.45) is 23.9 Å². The molecule has 3 amide bonds. The predicted molar refractivity (Wildman–Crippen MR) is 156 cm³/mol. The van der Waals surface area contributed by atoms with Gasteiger partial charge in [0, 0.05) is 63.6 Å². The molecule has 41 heavy (non-hydrogen) atoms. The lowest BCUT2D eigenvalue weighted by molar-refractivity contribution is -0.137. The molecule has 1 saturated carbocycles. The highest BCUT2D eigenvalue weighted by Gasteiger charge is 2.51. The van der Waals surface area contributed by atoms with Gasteiger partial charge in [-0.05, 0) is 61.3 Å². The van der Waals surface area contributed by atoms with E-state index in [2.05, 4.69) is 47.6 Å². The van der Waals surface area contributed by atoms with Gasteiger partial charge in [0.2, 0.25) is 11.8 Å². The number of likely N-dealkylation sites (tertiary alicyclic amines) is 2. The number of aliphatic imine (C=N–C) groups is 1. The third-order valence-corrected chi connectivity index (χ3v) is 9.44. The smallest absolute Gasteiger partial charge is 0.256 e. The molecule has 1 spiro atoms. The van der Waals surface area contributed by atoms with Gasteiger partial charge in [-0.3, -0.25) is 29.0 Å². The average Bonchev–Trinajstić information content (AvgIpc) is 3.55. The van der Waals surface area contributed by atoms with Crippen molar-refractivity contribution in [3.05, 3.63) is 54.2 Å². The number of aryl methyl sites for hydroxylation is 1. The molecule has 1 aromatic heterocycles. The third kappa shape index (κ3) is 4.61. The summed E-state index contributed by atoms with van der Waals surface area (Å²) in [5, 5.41) is 5.45. The summed E-state index contributed by atoms with van der Waals surface area (Å²) in [6.45, 7) is 4.68. The Hall–Kier alpha value is -4.01. The number of amides is 3. The zero-order valence-corrected chi connectivity index (χ0v) is 23.8. The van der Waals surface area contributed by atoms with E-state index in [4.69, 9.17) is 4.99 Å². The Balaban J connectivity index is 1.16. The fourth-order valence-corrected chi connectivity index (χ4v) is 6.75. The summed E-state index contributed by atoms with van der Waals surface area (Å²) in [5.41, 5.74) is 3.38. The molecule has 3 fully saturated rings. The molecule has 3 aliphatic heterocycles. The fraction of sp³-hybridized carbons (Fsp3) is 0.469. The number of nitrogens with zero attached hydrogens (tertiary/aromatic N) is 6. The van der Waals surface area contributed by atoms with Crippen LogP contribution in [0.15, 0.2) is 53.7 Å². The SMILES string of the molecule is CC(=O)N1CCC2(CC1)N=C(c1ccc(-c3ccc4c(cnn4C)c3)cc1)N(C[C@@H]1CCN(C(=O)C3CC3)C1)C2=O. The molecule has 3 aromatic rings. The van der Waals surface area contributed by atoms with Gasteiger partial charge in [0.05, 0.1) is 11.7 Å². The zero-order valence-electron chi connectivity index (χ0n) is 23.8. The van der Waals surface area contributed by atoms with E-state index < -0.39 is 5.54 Å². The van der Waals surface area contributed by atoms with Crippen molar-refractivity contribution in [2.45, 2.75) is 44.6 Å². The van der Waals surface area contributed by atoms with E-state index in [0.29, 0.717) is 44.9 Å². The van der Waals surface area contributed by atoms with Gasteiger partial charge in [0.15, 0.2) is 0 Å². The van der Waals surface area contributed by atoms with Crippen LogP contribution >= 0.6 is 0 Å². The second kappa shape index (κ2) is 9.82. The van der Waals surface area contributed by atoms with Crippen LogP contribution in [0.5, 0.6) is 0 Å². The molecule has 212 valence electrons. The monoisotopic (exact) mass is 552 g/mol. The van der Waals surface area contributed by atoms with Crippen molar-refractivity contribution in [3.8, 4) is 11.1 Å². The van der Waals surface area contributed by atoms with E-state index in [1.807, 2.05) is 32.6 Å². The summed E-state index contributed by atoms with van der Waals surface area (Å²) in [4.78, 5) is 49.6. The summed E-state index contributed by atoms with van der Waals surface area (Å²) in [6.07, 6.45) is 5.86. The second-order valence-electron chi connectivity index (χ2n) is 12.2. The van der Waals surface area contributed by atoms with Crippen molar-refractivity contribution in [3.63, 3.8) is 0 Å². The fourth-order valence-electron chi connectivity index (χ4n) is 6.75. The molecule has 1 aliphatic carbocycles. The molecule has 0 radical (unpaired) electrons. The number of carbonyl (C=O) groups excluding carboxylic acids is 3. The molecule has 9 nitrogen and oxygen atoms in total. The van der Waals surface area contributed by atoms with Gasteiger partial charge in [-0.15, -0.1) is 0 Å². The standard InChI is InChI=1S/C32H36N6O3/c1-21(39)36-15-12-32(13-16-36)31(41)38(20-22-11-14-37(19-22)30(40)25-7-8-25)29(34-32)24-5-3-23(4-6-24)26-9-10-28-27(17-26)18-33-35(28)2/h3-6,9-10,17-18,22,25H,7-8,11-16,19-20H2,1-2H3/t22-/m1/s1. The molecule has 0 N–H and O–H groups in total. The summed E-state index contributed by atoms with van der Waals surface area (Å²) < 4.78 is 1.87. The van der Waals surface area contributed by atoms with Gasteiger partial charge in [-0.25, -0.2) is 0 Å². The van der Waals surface area contributed by atoms with E-state index in [-0.39, 0.29) is 29.6 Å². The van der Waals surface area contributed by atoms with E-state index in [0.717, 1.165) is 53.4 Å². The Morgan fingerprint density at radius 3 is 2.34 bits per heavy atom. The maximum atomic E-state index is 14.1. The molecule has 0 unspecified atom stereocenters. The van der Waals surface area contributed by atoms with Gasteiger partial charge < -0.3 is 9.80 Å². The second-order valence-corrected chi connectivity index (χ2v) is 12.2. The largest absolute Gasteiger partial charge is 0.343 e. The Labute approximate surface area is 239 Å². The van der Waals surface area contributed by atoms with Crippen LogP contribution < -0.4 is 0 Å². The first-order valence-corrected chi connectivity index (χ1v) is 14.8. The van der Waals surface area contributed by atoms with Crippen molar-refractivity contribution >= 4 is 34.5 Å². The minimum absolute atomic E-state index is 0.0359. The summed E-state index contributed by atoms with van der Waals surface area (Å²) in [6, 6.07) is 14.6. The van der Waals surface area contributed by atoms with Crippen LogP contribution in [0.25, 0.3) is 22.0 Å². The normalized spacial score (nSPS) is 22.2. The third-order valence-electron chi connectivity index (χ3n) is 9.44. The first-order valence-electron chi connectivity index (χ1n) is 14.8. The van der Waals surface area contributed by atoms with E-state index >= 15 is 0 Å². The Morgan fingerprint density at radius 1 is 0.927 bits per heavy atom. The average molecular weight is 553 g/mol. The number of piperidine rings is 1. The van der Waals surface area contributed by atoms with Crippen LogP contribution in [0, 0.1) is 11.8 Å². The predicted octanol–water partition coefficient (Wildman–Crippen LogP) is 3.47. The highest BCUT2D eigenvalue weighted by Crippen LogP contribution is 2.38. The van der Waals surface area contributed by atoms with Crippen LogP contribution in [0.1, 0.15) is 44.6 Å². The molecule has 4 aliphatic rings. The number of amidine groups is 1. The van der Waals surface area contributed by atoms with Gasteiger partial charge in [0.25, 0.3) is 5.91 Å². The molecule has 2 aromatic carbocycles. The molecule has 1 atom stereocenters. The first kappa shape index (κ1) is 25.9. The maximum Gasteiger partial charge on any atom is 0.256 e. The van der Waals surface area contributed by atoms with Gasteiger partial charge in [-0.1, -0.05) is 30.3 Å². The lowest BCUT2D eigenvalue weighted by Crippen LogP contribution is -2.51. The Kier molecular flexibility index (Phi) is 6.21. The first-order chi connectivity index (χ1) is 19.8. The Bertz CT molecular complexity index is 1560. The van der Waals surface area contributed by atoms with Crippen molar-refractivity contribution in [1.82, 2.24) is 24.5 Å². The maximum absolute atomic E-state index is 14.1. The Morgan fingerprint density at radius 2 is 1.63 bits per heavy atom. The highest BCUT2D eigenvalue weighted by atomic mass is 16.2. The van der Waals surface area contributed by atoms with Crippen molar-refractivity contribution in [1.29, 1.82) is 0 Å². The minimum atomic E-state index is -0.826. The van der Waals surface area contributed by atoms with Crippen LogP contribution in [-0.4, -0.2) is 86.3 Å². The number of hydrogen-bond donors (Lipinski definition) is 0. The molecule has 0 bridgehead atoms. The van der Waals surface area contributed by atoms with Crippen LogP contribution in [-0.2, 0) is 21.4 Å². The zero-order chi connectivity index (χ0) is 28.3. The quantitative estimate of drug-likeness (QED) is 0.485. The number of carbonyl (C=O) groups is 3. The molecular weight excluding hydrogens is 516 g/mol. The van der Waals surface area contributed by atoms with E-state index in [1.165, 1.54) is 0 Å². The molecular formula is C32H36N6O3. The van der Waals surface area contributed by atoms with Crippen LogP contribution in [0.2, 0.25) is 0 Å². The molecule has 2 saturated heterocycles. The number of rotatable bonds is 5. The molecule has 7 rings (SSSR count). The number of aromatic nitrogens is 2. The minimum Gasteiger partial charge on any atom is -0.343 e. The van der Waals surface area contributed by atoms with Crippen molar-refractivity contribution < 1.29 is 14.4 Å². The number of hydrogen-bond acceptors (Lipinski definition) is 5.